The van der Waals surface area contributed by atoms with Crippen molar-refractivity contribution >= 4 is 0 Å². The van der Waals surface area contributed by atoms with Crippen molar-refractivity contribution in [3.8, 4) is 0 Å². The van der Waals surface area contributed by atoms with Gasteiger partial charge in [0, 0.05) is 0 Å². The first-order valence-corrected chi connectivity index (χ1v) is 3.31. The van der Waals surface area contributed by atoms with E-state index in [4.69, 9.17) is 0 Å². The Labute approximate surface area is 60.4 Å². The average Bonchev–Trinajstić information content (AvgIpc) is 2.38. The normalized spacial score (nSPS) is 12.9. The zero-order valence-corrected chi connectivity index (χ0v) is 6.07. The Morgan fingerprint density at radius 1 is 1.60 bits per heavy atom. The molecule has 0 aliphatic heterocycles. The second-order valence-electron chi connectivity index (χ2n) is 2.22. The topological polar surface area (TPSA) is 30.7 Å². The van der Waals surface area contributed by atoms with Gasteiger partial charge in [0.1, 0.15) is 0 Å². The smallest absolute Gasteiger partial charge is 0.0722 e. The minimum atomic E-state index is 0.326. The second-order valence-corrected chi connectivity index (χ2v) is 2.22. The van der Waals surface area contributed by atoms with E-state index in [0.717, 1.165) is 6.42 Å². The van der Waals surface area contributed by atoms with E-state index in [1.807, 2.05) is 6.08 Å². The van der Waals surface area contributed by atoms with Gasteiger partial charge in [-0.25, -0.2) is 0 Å². The molecule has 0 aliphatic carbocycles. The summed E-state index contributed by atoms with van der Waals surface area (Å²) in [6, 6.07) is 0.326. The van der Waals surface area contributed by atoms with Crippen LogP contribution >= 0.6 is 0 Å². The molecule has 0 bridgehead atoms. The molecule has 1 rings (SSSR count). The van der Waals surface area contributed by atoms with Gasteiger partial charge in [0.2, 0.25) is 0 Å². The van der Waals surface area contributed by atoms with Crippen molar-refractivity contribution < 1.29 is 0 Å². The van der Waals surface area contributed by atoms with Crippen LogP contribution in [0.1, 0.15) is 19.4 Å². The summed E-state index contributed by atoms with van der Waals surface area (Å²) >= 11 is 0. The number of nitrogens with zero attached hydrogens (tertiary/aromatic N) is 3. The van der Waals surface area contributed by atoms with E-state index in [0.29, 0.717) is 6.04 Å². The molecule has 1 heterocycles. The van der Waals surface area contributed by atoms with Gasteiger partial charge >= 0.3 is 0 Å². The summed E-state index contributed by atoms with van der Waals surface area (Å²) in [4.78, 5) is 1.68. The highest BCUT2D eigenvalue weighted by Gasteiger charge is 2.00. The van der Waals surface area contributed by atoms with E-state index < -0.39 is 0 Å². The molecule has 0 saturated carbocycles. The van der Waals surface area contributed by atoms with Crippen LogP contribution in [0.2, 0.25) is 0 Å². The molecule has 3 heteroatoms. The first kappa shape index (κ1) is 6.99. The van der Waals surface area contributed by atoms with Gasteiger partial charge in [0.05, 0.1) is 18.4 Å². The van der Waals surface area contributed by atoms with E-state index in [1.165, 1.54) is 0 Å². The Bertz CT molecular complexity index is 191. The zero-order valence-electron chi connectivity index (χ0n) is 6.07. The van der Waals surface area contributed by atoms with Gasteiger partial charge in [-0.2, -0.15) is 15.0 Å². The third-order valence-corrected chi connectivity index (χ3v) is 1.34. The van der Waals surface area contributed by atoms with Crippen LogP contribution in [0.25, 0.3) is 0 Å². The Morgan fingerprint density at radius 3 is 2.70 bits per heavy atom. The van der Waals surface area contributed by atoms with Crippen LogP contribution < -0.4 is 0 Å². The maximum absolute atomic E-state index is 3.99. The van der Waals surface area contributed by atoms with Crippen LogP contribution in [-0.4, -0.2) is 15.0 Å². The Balaban J connectivity index is 2.58. The summed E-state index contributed by atoms with van der Waals surface area (Å²) in [5.74, 6) is 0. The molecule has 1 atom stereocenters. The molecule has 1 aromatic rings. The van der Waals surface area contributed by atoms with Crippen molar-refractivity contribution in [1.29, 1.82) is 0 Å². The van der Waals surface area contributed by atoms with Gasteiger partial charge < -0.3 is 0 Å². The highest BCUT2D eigenvalue weighted by molar-refractivity contribution is 4.73. The van der Waals surface area contributed by atoms with Crippen molar-refractivity contribution in [2.75, 3.05) is 0 Å². The molecule has 1 aromatic heterocycles. The van der Waals surface area contributed by atoms with E-state index in [2.05, 4.69) is 23.7 Å². The van der Waals surface area contributed by atoms with Crippen LogP contribution in [0.15, 0.2) is 25.0 Å². The molecule has 0 N–H and O–H groups in total. The summed E-state index contributed by atoms with van der Waals surface area (Å²) in [7, 11) is 0. The molecule has 54 valence electrons. The van der Waals surface area contributed by atoms with Crippen LogP contribution in [0.4, 0.5) is 0 Å². The summed E-state index contributed by atoms with van der Waals surface area (Å²) in [6.45, 7) is 5.70. The number of rotatable bonds is 3. The third kappa shape index (κ3) is 1.43. The molecule has 0 amide bonds. The highest BCUT2D eigenvalue weighted by atomic mass is 15.5. The number of aromatic nitrogens is 3. The van der Waals surface area contributed by atoms with Crippen LogP contribution in [0.5, 0.6) is 0 Å². The van der Waals surface area contributed by atoms with Crippen molar-refractivity contribution in [2.45, 2.75) is 19.4 Å². The fraction of sp³-hybridized carbons (Fsp3) is 0.429. The zero-order chi connectivity index (χ0) is 7.40. The lowest BCUT2D eigenvalue weighted by molar-refractivity contribution is 0.438. The van der Waals surface area contributed by atoms with Gasteiger partial charge in [-0.15, -0.1) is 6.58 Å². The third-order valence-electron chi connectivity index (χ3n) is 1.34. The summed E-state index contributed by atoms with van der Waals surface area (Å²) in [6.07, 6.45) is 6.14. The average molecular weight is 137 g/mol. The SMILES string of the molecule is C=CCC(C)n1nccn1. The molecule has 0 saturated heterocycles. The first-order chi connectivity index (χ1) is 4.84. The van der Waals surface area contributed by atoms with Crippen LogP contribution in [0, 0.1) is 0 Å². The fourth-order valence-electron chi connectivity index (χ4n) is 0.789. The van der Waals surface area contributed by atoms with Crippen molar-refractivity contribution in [3.05, 3.63) is 25.0 Å². The Hall–Kier alpha value is -1.12. The predicted molar refractivity (Wildman–Crippen MR) is 39.5 cm³/mol. The maximum Gasteiger partial charge on any atom is 0.0722 e. The summed E-state index contributed by atoms with van der Waals surface area (Å²) in [5.41, 5.74) is 0. The minimum absolute atomic E-state index is 0.326. The van der Waals surface area contributed by atoms with E-state index >= 15 is 0 Å². The van der Waals surface area contributed by atoms with Gasteiger partial charge in [0.25, 0.3) is 0 Å². The quantitative estimate of drug-likeness (QED) is 0.590. The number of hydrogen-bond acceptors (Lipinski definition) is 2. The van der Waals surface area contributed by atoms with Gasteiger partial charge in [-0.3, -0.25) is 0 Å². The second kappa shape index (κ2) is 3.15. The Morgan fingerprint density at radius 2 is 2.20 bits per heavy atom. The molecule has 3 nitrogen and oxygen atoms in total. The molecule has 0 radical (unpaired) electrons. The largest absolute Gasteiger partial charge is 0.182 e. The van der Waals surface area contributed by atoms with Crippen LogP contribution in [0.3, 0.4) is 0 Å². The van der Waals surface area contributed by atoms with Gasteiger partial charge in [-0.1, -0.05) is 6.08 Å². The Kier molecular flexibility index (Phi) is 2.20. The maximum atomic E-state index is 3.99. The molecule has 1 unspecified atom stereocenters. The molecular weight excluding hydrogens is 126 g/mol. The fourth-order valence-corrected chi connectivity index (χ4v) is 0.789. The number of hydrogen-bond donors (Lipinski definition) is 0. The summed E-state index contributed by atoms with van der Waals surface area (Å²) in [5, 5.41) is 7.99. The van der Waals surface area contributed by atoms with E-state index in [-0.39, 0.29) is 0 Å². The lowest BCUT2D eigenvalue weighted by atomic mass is 10.2. The molecule has 0 aromatic carbocycles. The van der Waals surface area contributed by atoms with E-state index in [1.54, 1.807) is 17.2 Å². The lowest BCUT2D eigenvalue weighted by Gasteiger charge is -2.05. The van der Waals surface area contributed by atoms with Crippen molar-refractivity contribution in [3.63, 3.8) is 0 Å². The van der Waals surface area contributed by atoms with E-state index in [9.17, 15) is 0 Å². The van der Waals surface area contributed by atoms with Gasteiger partial charge in [-0.05, 0) is 13.3 Å². The molecule has 0 aliphatic rings. The lowest BCUT2D eigenvalue weighted by Crippen LogP contribution is -2.07. The molecule has 0 fully saturated rings. The molecule has 10 heavy (non-hydrogen) atoms. The first-order valence-electron chi connectivity index (χ1n) is 3.31. The minimum Gasteiger partial charge on any atom is -0.182 e. The predicted octanol–water partition coefficient (Wildman–Crippen LogP) is 1.42. The van der Waals surface area contributed by atoms with Crippen LogP contribution in [-0.2, 0) is 0 Å². The molecular formula is C7H11N3. The summed E-state index contributed by atoms with van der Waals surface area (Å²) < 4.78 is 0. The monoisotopic (exact) mass is 137 g/mol. The van der Waals surface area contributed by atoms with Crippen molar-refractivity contribution in [2.24, 2.45) is 0 Å². The van der Waals surface area contributed by atoms with Gasteiger partial charge in [0.15, 0.2) is 0 Å². The molecule has 0 spiro atoms. The standard InChI is InChI=1S/C7H11N3/c1-3-4-7(2)10-8-5-6-9-10/h3,5-7H,1,4H2,2H3. The highest BCUT2D eigenvalue weighted by Crippen LogP contribution is 2.05. The van der Waals surface area contributed by atoms with Crippen molar-refractivity contribution in [1.82, 2.24) is 15.0 Å². The number of allylic oxidation sites excluding steroid dienone is 1.